The van der Waals surface area contributed by atoms with Gasteiger partial charge < -0.3 is 15.0 Å². The van der Waals surface area contributed by atoms with Gasteiger partial charge in [-0.1, -0.05) is 18.2 Å². The third-order valence-electron chi connectivity index (χ3n) is 4.53. The first kappa shape index (κ1) is 17.2. The first-order valence-electron chi connectivity index (χ1n) is 8.58. The first-order valence-corrected chi connectivity index (χ1v) is 8.58. The van der Waals surface area contributed by atoms with E-state index in [1.54, 1.807) is 7.11 Å². The molecule has 1 aromatic carbocycles. The first-order chi connectivity index (χ1) is 12.1. The molecule has 1 aromatic heterocycles. The molecular weight excluding hydrogens is 316 g/mol. The number of methoxy groups -OCH3 is 1. The van der Waals surface area contributed by atoms with Crippen LogP contribution in [-0.2, 0) is 0 Å². The van der Waals surface area contributed by atoms with Gasteiger partial charge in [0.05, 0.1) is 7.11 Å². The molecule has 0 saturated carbocycles. The van der Waals surface area contributed by atoms with Gasteiger partial charge in [-0.25, -0.2) is 4.98 Å². The van der Waals surface area contributed by atoms with Gasteiger partial charge >= 0.3 is 0 Å². The van der Waals surface area contributed by atoms with Crippen LogP contribution >= 0.6 is 0 Å². The summed E-state index contributed by atoms with van der Waals surface area (Å²) in [5.74, 6) is 1.28. The van der Waals surface area contributed by atoms with Gasteiger partial charge in [0.2, 0.25) is 11.8 Å². The molecule has 6 nitrogen and oxygen atoms in total. The van der Waals surface area contributed by atoms with E-state index >= 15 is 0 Å². The van der Waals surface area contributed by atoms with E-state index < -0.39 is 0 Å². The molecule has 3 rings (SSSR count). The van der Waals surface area contributed by atoms with Crippen LogP contribution in [0.3, 0.4) is 0 Å². The fourth-order valence-electron chi connectivity index (χ4n) is 3.09. The number of piperidine rings is 1. The smallest absolute Gasteiger partial charge is 0.251 e. The number of nitrogens with one attached hydrogen (secondary N) is 1. The predicted molar refractivity (Wildman–Crippen MR) is 97.2 cm³/mol. The Labute approximate surface area is 148 Å². The summed E-state index contributed by atoms with van der Waals surface area (Å²) in [7, 11) is 1.61. The average Bonchev–Trinajstić information content (AvgIpc) is 2.62. The summed E-state index contributed by atoms with van der Waals surface area (Å²) in [6, 6.07) is 9.66. The molecule has 0 radical (unpaired) electrons. The minimum Gasteiger partial charge on any atom is -0.481 e. The highest BCUT2D eigenvalue weighted by Gasteiger charge is 2.23. The van der Waals surface area contributed by atoms with E-state index in [1.807, 2.05) is 44.2 Å². The van der Waals surface area contributed by atoms with Crippen LogP contribution in [0.25, 0.3) is 0 Å². The Kier molecular flexibility index (Phi) is 5.16. The maximum Gasteiger partial charge on any atom is 0.251 e. The Hall–Kier alpha value is -2.63. The van der Waals surface area contributed by atoms with Crippen LogP contribution < -0.4 is 15.0 Å². The largest absolute Gasteiger partial charge is 0.481 e. The van der Waals surface area contributed by atoms with E-state index in [0.29, 0.717) is 11.8 Å². The fourth-order valence-corrected chi connectivity index (χ4v) is 3.09. The van der Waals surface area contributed by atoms with Crippen molar-refractivity contribution in [1.82, 2.24) is 15.3 Å². The van der Waals surface area contributed by atoms with Gasteiger partial charge in [-0.05, 0) is 38.3 Å². The minimum atomic E-state index is 0.00465. The maximum absolute atomic E-state index is 12.4. The molecule has 1 fully saturated rings. The van der Waals surface area contributed by atoms with Crippen LogP contribution in [0.15, 0.2) is 30.3 Å². The number of ether oxygens (including phenoxy) is 1. The van der Waals surface area contributed by atoms with Crippen molar-refractivity contribution in [3.63, 3.8) is 0 Å². The molecule has 1 amide bonds. The summed E-state index contributed by atoms with van der Waals surface area (Å²) in [6.07, 6.45) is 1.74. The molecule has 0 bridgehead atoms. The zero-order valence-electron chi connectivity index (χ0n) is 15.0. The van der Waals surface area contributed by atoms with Crippen LogP contribution in [0.1, 0.15) is 34.5 Å². The second-order valence-corrected chi connectivity index (χ2v) is 6.40. The minimum absolute atomic E-state index is 0.00465. The van der Waals surface area contributed by atoms with Crippen molar-refractivity contribution in [2.24, 2.45) is 0 Å². The maximum atomic E-state index is 12.4. The molecule has 132 valence electrons. The third kappa shape index (κ3) is 4.07. The van der Waals surface area contributed by atoms with Crippen LogP contribution in [0.4, 0.5) is 5.95 Å². The number of aryl methyl sites for hydroxylation is 2. The summed E-state index contributed by atoms with van der Waals surface area (Å²) in [5, 5.41) is 3.15. The van der Waals surface area contributed by atoms with Crippen LogP contribution in [0.5, 0.6) is 5.88 Å². The topological polar surface area (TPSA) is 67.3 Å². The second-order valence-electron chi connectivity index (χ2n) is 6.40. The van der Waals surface area contributed by atoms with E-state index in [-0.39, 0.29) is 11.9 Å². The Morgan fingerprint density at radius 1 is 1.20 bits per heavy atom. The molecular formula is C19H24N4O2. The number of amides is 1. The summed E-state index contributed by atoms with van der Waals surface area (Å²) in [4.78, 5) is 23.5. The number of carbonyl (C=O) groups is 1. The monoisotopic (exact) mass is 340 g/mol. The number of carbonyl (C=O) groups excluding carboxylic acids is 1. The lowest BCUT2D eigenvalue weighted by molar-refractivity contribution is 0.0930. The summed E-state index contributed by atoms with van der Waals surface area (Å²) in [5.41, 5.74) is 2.63. The summed E-state index contributed by atoms with van der Waals surface area (Å²) >= 11 is 0. The lowest BCUT2D eigenvalue weighted by atomic mass is 10.0. The molecule has 2 aromatic rings. The zero-order valence-corrected chi connectivity index (χ0v) is 15.0. The Balaban J connectivity index is 1.60. The molecule has 1 saturated heterocycles. The van der Waals surface area contributed by atoms with Crippen molar-refractivity contribution in [3.8, 4) is 5.88 Å². The zero-order chi connectivity index (χ0) is 17.8. The number of nitrogens with zero attached hydrogens (tertiary/aromatic N) is 3. The van der Waals surface area contributed by atoms with Crippen molar-refractivity contribution in [2.75, 3.05) is 25.1 Å². The molecule has 0 spiro atoms. The SMILES string of the molecule is COc1cc(C)nc(N2CCC(NC(=O)c3ccccc3C)CC2)n1. The molecule has 6 heteroatoms. The second kappa shape index (κ2) is 7.51. The van der Waals surface area contributed by atoms with E-state index in [1.165, 1.54) is 0 Å². The Morgan fingerprint density at radius 3 is 2.60 bits per heavy atom. The van der Waals surface area contributed by atoms with Gasteiger partial charge in [0.15, 0.2) is 0 Å². The van der Waals surface area contributed by atoms with Crippen LogP contribution in [-0.4, -0.2) is 42.1 Å². The van der Waals surface area contributed by atoms with Crippen molar-refractivity contribution in [2.45, 2.75) is 32.7 Å². The molecule has 1 N–H and O–H groups in total. The number of hydrogen-bond donors (Lipinski definition) is 1. The van der Waals surface area contributed by atoms with Crippen LogP contribution in [0.2, 0.25) is 0 Å². The average molecular weight is 340 g/mol. The molecule has 0 atom stereocenters. The number of benzene rings is 1. The third-order valence-corrected chi connectivity index (χ3v) is 4.53. The lowest BCUT2D eigenvalue weighted by Gasteiger charge is -2.32. The molecule has 1 aliphatic heterocycles. The number of anilines is 1. The van der Waals surface area contributed by atoms with Crippen molar-refractivity contribution < 1.29 is 9.53 Å². The lowest BCUT2D eigenvalue weighted by Crippen LogP contribution is -2.45. The number of aromatic nitrogens is 2. The van der Waals surface area contributed by atoms with Crippen molar-refractivity contribution in [3.05, 3.63) is 47.2 Å². The number of rotatable bonds is 4. The highest BCUT2D eigenvalue weighted by atomic mass is 16.5. The van der Waals surface area contributed by atoms with Crippen molar-refractivity contribution in [1.29, 1.82) is 0 Å². The van der Waals surface area contributed by atoms with Gasteiger partial charge in [-0.15, -0.1) is 0 Å². The quantitative estimate of drug-likeness (QED) is 0.926. The normalized spacial score (nSPS) is 15.1. The van der Waals surface area contributed by atoms with Gasteiger partial charge in [0.25, 0.3) is 5.91 Å². The standard InChI is InChI=1S/C19H24N4O2/c1-13-6-4-5-7-16(13)18(24)21-15-8-10-23(11-9-15)19-20-14(2)12-17(22-19)25-3/h4-7,12,15H,8-11H2,1-3H3,(H,21,24). The number of hydrogen-bond acceptors (Lipinski definition) is 5. The summed E-state index contributed by atoms with van der Waals surface area (Å²) < 4.78 is 5.23. The van der Waals surface area contributed by atoms with Gasteiger partial charge in [-0.3, -0.25) is 4.79 Å². The Morgan fingerprint density at radius 2 is 1.92 bits per heavy atom. The van der Waals surface area contributed by atoms with E-state index in [4.69, 9.17) is 4.74 Å². The van der Waals surface area contributed by atoms with Gasteiger partial charge in [-0.2, -0.15) is 4.98 Å². The highest BCUT2D eigenvalue weighted by molar-refractivity contribution is 5.95. The van der Waals surface area contributed by atoms with E-state index in [9.17, 15) is 4.79 Å². The van der Waals surface area contributed by atoms with Gasteiger partial charge in [0, 0.05) is 36.5 Å². The van der Waals surface area contributed by atoms with E-state index in [0.717, 1.165) is 42.8 Å². The molecule has 0 aliphatic carbocycles. The summed E-state index contributed by atoms with van der Waals surface area (Å²) in [6.45, 7) is 5.51. The fraction of sp³-hybridized carbons (Fsp3) is 0.421. The molecule has 0 unspecified atom stereocenters. The molecule has 1 aliphatic rings. The highest BCUT2D eigenvalue weighted by Crippen LogP contribution is 2.20. The predicted octanol–water partition coefficient (Wildman–Crippen LogP) is 2.50. The van der Waals surface area contributed by atoms with Crippen molar-refractivity contribution >= 4 is 11.9 Å². The molecule has 25 heavy (non-hydrogen) atoms. The van der Waals surface area contributed by atoms with Crippen LogP contribution in [0, 0.1) is 13.8 Å². The van der Waals surface area contributed by atoms with E-state index in [2.05, 4.69) is 20.2 Å². The Bertz CT molecular complexity index is 755. The van der Waals surface area contributed by atoms with Gasteiger partial charge in [0.1, 0.15) is 0 Å². The molecule has 2 heterocycles.